The molecule has 0 bridgehead atoms. The van der Waals surface area contributed by atoms with Crippen LogP contribution in [0.1, 0.15) is 46.5 Å². The van der Waals surface area contributed by atoms with E-state index in [0.717, 1.165) is 19.4 Å². The number of carbonyl (C=O) groups excluding carboxylic acids is 1. The third kappa shape index (κ3) is 5.09. The zero-order valence-electron chi connectivity index (χ0n) is 12.2. The molecule has 19 heavy (non-hydrogen) atoms. The normalized spacial score (nSPS) is 24.9. The number of piperidine rings is 1. The lowest BCUT2D eigenvalue weighted by molar-refractivity contribution is -0.138. The van der Waals surface area contributed by atoms with Crippen molar-refractivity contribution < 1.29 is 14.7 Å². The van der Waals surface area contributed by atoms with E-state index in [1.165, 1.54) is 6.42 Å². The summed E-state index contributed by atoms with van der Waals surface area (Å²) >= 11 is 0. The smallest absolute Gasteiger partial charge is 0.317 e. The molecule has 5 heteroatoms. The van der Waals surface area contributed by atoms with Crippen molar-refractivity contribution in [1.82, 2.24) is 10.2 Å². The van der Waals surface area contributed by atoms with Crippen LogP contribution in [0.5, 0.6) is 0 Å². The highest BCUT2D eigenvalue weighted by atomic mass is 16.4. The van der Waals surface area contributed by atoms with Crippen LogP contribution in [-0.2, 0) is 4.79 Å². The molecule has 0 spiro atoms. The van der Waals surface area contributed by atoms with Gasteiger partial charge < -0.3 is 15.3 Å². The second-order valence-electron chi connectivity index (χ2n) is 5.74. The first-order chi connectivity index (χ1) is 8.93. The van der Waals surface area contributed by atoms with Gasteiger partial charge in [-0.05, 0) is 31.6 Å². The Hall–Kier alpha value is -1.26. The molecule has 0 aromatic rings. The topological polar surface area (TPSA) is 69.6 Å². The summed E-state index contributed by atoms with van der Waals surface area (Å²) in [6.07, 6.45) is 3.09. The van der Waals surface area contributed by atoms with Gasteiger partial charge in [0, 0.05) is 25.6 Å². The largest absolute Gasteiger partial charge is 0.481 e. The molecule has 1 saturated heterocycles. The van der Waals surface area contributed by atoms with E-state index < -0.39 is 5.97 Å². The van der Waals surface area contributed by atoms with Crippen LogP contribution in [0.25, 0.3) is 0 Å². The van der Waals surface area contributed by atoms with Crippen LogP contribution in [0.15, 0.2) is 0 Å². The lowest BCUT2D eigenvalue weighted by atomic mass is 9.95. The van der Waals surface area contributed by atoms with E-state index in [-0.39, 0.29) is 24.4 Å². The predicted molar refractivity (Wildman–Crippen MR) is 74.0 cm³/mol. The van der Waals surface area contributed by atoms with Crippen LogP contribution in [0.4, 0.5) is 4.79 Å². The third-order valence-electron chi connectivity index (χ3n) is 3.96. The van der Waals surface area contributed by atoms with E-state index in [4.69, 9.17) is 5.11 Å². The molecule has 3 atom stereocenters. The average molecular weight is 270 g/mol. The van der Waals surface area contributed by atoms with E-state index in [2.05, 4.69) is 19.2 Å². The molecule has 0 aromatic carbocycles. The Morgan fingerprint density at radius 2 is 2.05 bits per heavy atom. The van der Waals surface area contributed by atoms with Gasteiger partial charge in [-0.1, -0.05) is 20.3 Å². The molecule has 0 saturated carbocycles. The van der Waals surface area contributed by atoms with Gasteiger partial charge >= 0.3 is 12.0 Å². The zero-order chi connectivity index (χ0) is 14.4. The highest BCUT2D eigenvalue weighted by Gasteiger charge is 2.27. The molecule has 1 rings (SSSR count). The van der Waals surface area contributed by atoms with E-state index >= 15 is 0 Å². The molecule has 3 unspecified atom stereocenters. The summed E-state index contributed by atoms with van der Waals surface area (Å²) in [5.74, 6) is -0.247. The van der Waals surface area contributed by atoms with Crippen molar-refractivity contribution in [3.63, 3.8) is 0 Å². The van der Waals surface area contributed by atoms with Crippen molar-refractivity contribution in [3.05, 3.63) is 0 Å². The number of carboxylic acids is 1. The first kappa shape index (κ1) is 15.8. The number of likely N-dealkylation sites (tertiary alicyclic amines) is 1. The van der Waals surface area contributed by atoms with Gasteiger partial charge in [0.15, 0.2) is 0 Å². The number of nitrogens with one attached hydrogen (secondary N) is 1. The quantitative estimate of drug-likeness (QED) is 0.805. The number of hydrogen-bond donors (Lipinski definition) is 2. The van der Waals surface area contributed by atoms with Crippen molar-refractivity contribution >= 4 is 12.0 Å². The molecule has 1 aliphatic heterocycles. The summed E-state index contributed by atoms with van der Waals surface area (Å²) in [6, 6.07) is 0.221. The Morgan fingerprint density at radius 1 is 1.37 bits per heavy atom. The van der Waals surface area contributed by atoms with Crippen LogP contribution in [0.3, 0.4) is 0 Å². The maximum Gasteiger partial charge on any atom is 0.317 e. The van der Waals surface area contributed by atoms with Gasteiger partial charge in [0.05, 0.1) is 0 Å². The van der Waals surface area contributed by atoms with Crippen molar-refractivity contribution in [3.8, 4) is 0 Å². The molecule has 110 valence electrons. The first-order valence-electron chi connectivity index (χ1n) is 7.20. The fraction of sp³-hybridized carbons (Fsp3) is 0.857. The van der Waals surface area contributed by atoms with Gasteiger partial charge in [-0.3, -0.25) is 4.79 Å². The lowest BCUT2D eigenvalue weighted by Gasteiger charge is -2.37. The van der Waals surface area contributed by atoms with Crippen LogP contribution in [-0.4, -0.2) is 41.1 Å². The zero-order valence-corrected chi connectivity index (χ0v) is 12.2. The van der Waals surface area contributed by atoms with Gasteiger partial charge in [0.25, 0.3) is 0 Å². The minimum atomic E-state index is -0.805. The Balaban J connectivity index is 2.42. The summed E-state index contributed by atoms with van der Waals surface area (Å²) in [7, 11) is 0. The Kier molecular flexibility index (Phi) is 6.12. The highest BCUT2D eigenvalue weighted by molar-refractivity contribution is 5.74. The average Bonchev–Trinajstić information content (AvgIpc) is 2.36. The third-order valence-corrected chi connectivity index (χ3v) is 3.96. The van der Waals surface area contributed by atoms with Crippen LogP contribution >= 0.6 is 0 Å². The Labute approximate surface area is 115 Å². The van der Waals surface area contributed by atoms with Crippen LogP contribution in [0, 0.1) is 11.8 Å². The van der Waals surface area contributed by atoms with Crippen molar-refractivity contribution in [2.24, 2.45) is 11.8 Å². The number of hydrogen-bond acceptors (Lipinski definition) is 2. The van der Waals surface area contributed by atoms with E-state index in [1.807, 2.05) is 11.8 Å². The Morgan fingerprint density at radius 3 is 2.63 bits per heavy atom. The van der Waals surface area contributed by atoms with Crippen molar-refractivity contribution in [2.75, 3.05) is 13.1 Å². The van der Waals surface area contributed by atoms with Gasteiger partial charge in [0.2, 0.25) is 0 Å². The minimum absolute atomic E-state index is 0.0129. The SMILES string of the molecule is CCC(CNC(=O)N1CC(C)CCC1C)CC(=O)O. The number of urea groups is 1. The Bertz CT molecular complexity index is 320. The van der Waals surface area contributed by atoms with E-state index in [1.54, 1.807) is 0 Å². The summed E-state index contributed by atoms with van der Waals surface area (Å²) in [4.78, 5) is 24.7. The standard InChI is InChI=1S/C14H26N2O3/c1-4-12(7-13(17)18)8-15-14(19)16-9-10(2)5-6-11(16)3/h10-12H,4-9H2,1-3H3,(H,15,19)(H,17,18). The van der Waals surface area contributed by atoms with Gasteiger partial charge in [-0.2, -0.15) is 0 Å². The molecular formula is C14H26N2O3. The number of rotatable bonds is 5. The van der Waals surface area contributed by atoms with E-state index in [9.17, 15) is 9.59 Å². The van der Waals surface area contributed by atoms with E-state index in [0.29, 0.717) is 12.5 Å². The molecule has 0 aliphatic carbocycles. The molecule has 2 amide bonds. The first-order valence-corrected chi connectivity index (χ1v) is 7.20. The van der Waals surface area contributed by atoms with Gasteiger partial charge in [-0.25, -0.2) is 4.79 Å². The molecule has 1 heterocycles. The number of amides is 2. The summed E-state index contributed by atoms with van der Waals surface area (Å²) in [6.45, 7) is 7.42. The number of carbonyl (C=O) groups is 2. The second kappa shape index (κ2) is 7.36. The predicted octanol–water partition coefficient (Wildman–Crippen LogP) is 2.32. The minimum Gasteiger partial charge on any atom is -0.481 e. The fourth-order valence-electron chi connectivity index (χ4n) is 2.51. The number of aliphatic carboxylic acids is 1. The second-order valence-corrected chi connectivity index (χ2v) is 5.74. The van der Waals surface area contributed by atoms with Crippen LogP contribution in [0.2, 0.25) is 0 Å². The maximum atomic E-state index is 12.1. The molecule has 1 fully saturated rings. The molecule has 1 aliphatic rings. The molecule has 2 N–H and O–H groups in total. The summed E-state index contributed by atoms with van der Waals surface area (Å²) < 4.78 is 0. The van der Waals surface area contributed by atoms with Crippen molar-refractivity contribution in [1.29, 1.82) is 0 Å². The molecule has 0 radical (unpaired) electrons. The highest BCUT2D eigenvalue weighted by Crippen LogP contribution is 2.21. The lowest BCUT2D eigenvalue weighted by Crippen LogP contribution is -2.50. The molecular weight excluding hydrogens is 244 g/mol. The monoisotopic (exact) mass is 270 g/mol. The molecule has 5 nitrogen and oxygen atoms in total. The van der Waals surface area contributed by atoms with Crippen LogP contribution < -0.4 is 5.32 Å². The van der Waals surface area contributed by atoms with Gasteiger partial charge in [0.1, 0.15) is 0 Å². The fourth-order valence-corrected chi connectivity index (χ4v) is 2.51. The summed E-state index contributed by atoms with van der Waals surface area (Å²) in [5.41, 5.74) is 0. The number of nitrogens with zero attached hydrogens (tertiary/aromatic N) is 1. The van der Waals surface area contributed by atoms with Crippen molar-refractivity contribution in [2.45, 2.75) is 52.5 Å². The maximum absolute atomic E-state index is 12.1. The molecule has 0 aromatic heterocycles. The van der Waals surface area contributed by atoms with Gasteiger partial charge in [-0.15, -0.1) is 0 Å². The number of carboxylic acid groups (broad SMARTS) is 1. The summed E-state index contributed by atoms with van der Waals surface area (Å²) in [5, 5.41) is 11.7.